The quantitative estimate of drug-likeness (QED) is 0.654. The largest absolute Gasteiger partial charge is 0.380 e. The Labute approximate surface area is 183 Å². The van der Waals surface area contributed by atoms with E-state index >= 15 is 0 Å². The van der Waals surface area contributed by atoms with Gasteiger partial charge in [0.25, 0.3) is 0 Å². The third-order valence-corrected chi connectivity index (χ3v) is 7.47. The average molecular weight is 444 g/mol. The number of hydrogen-bond donors (Lipinski definition) is 1. The Kier molecular flexibility index (Phi) is 4.70. The fourth-order valence-corrected chi connectivity index (χ4v) is 5.45. The standard InChI is InChI=1S/C21H22ClN5O2S/c1-20(28-2,18-24-6-8-30-18)13-3-4-14-16(9-13)27(11-21(14)5-7-29-12-21)17-15(22)10-25-19(23)26-17/h3-4,6,8-10H,5,7,11-12H2,1-2H3,(H2,23,25,26)/t20-,21+/m0/s1. The average Bonchev–Trinajstić information content (AvgIpc) is 3.51. The molecule has 7 nitrogen and oxygen atoms in total. The molecule has 2 aliphatic rings. The van der Waals surface area contributed by atoms with Crippen molar-refractivity contribution in [3.63, 3.8) is 0 Å². The summed E-state index contributed by atoms with van der Waals surface area (Å²) in [6.45, 7) is 4.17. The van der Waals surface area contributed by atoms with E-state index in [1.54, 1.807) is 30.8 Å². The van der Waals surface area contributed by atoms with Crippen molar-refractivity contribution in [2.24, 2.45) is 0 Å². The molecule has 156 valence electrons. The molecule has 2 aliphatic heterocycles. The summed E-state index contributed by atoms with van der Waals surface area (Å²) in [5, 5.41) is 3.32. The summed E-state index contributed by atoms with van der Waals surface area (Å²) in [5.74, 6) is 0.806. The van der Waals surface area contributed by atoms with Crippen molar-refractivity contribution < 1.29 is 9.47 Å². The molecular weight excluding hydrogens is 422 g/mol. The maximum Gasteiger partial charge on any atom is 0.222 e. The highest BCUT2D eigenvalue weighted by molar-refractivity contribution is 7.09. The molecule has 30 heavy (non-hydrogen) atoms. The molecular formula is C21H22ClN5O2S. The first-order chi connectivity index (χ1) is 14.5. The minimum atomic E-state index is -0.661. The molecule has 3 aromatic rings. The van der Waals surface area contributed by atoms with Crippen LogP contribution in [0.1, 0.15) is 29.5 Å². The van der Waals surface area contributed by atoms with Gasteiger partial charge >= 0.3 is 0 Å². The highest BCUT2D eigenvalue weighted by Crippen LogP contribution is 2.50. The second kappa shape index (κ2) is 7.16. The minimum absolute atomic E-state index is 0.0957. The van der Waals surface area contributed by atoms with E-state index in [0.717, 1.165) is 35.8 Å². The van der Waals surface area contributed by atoms with Gasteiger partial charge in [0, 0.05) is 42.9 Å². The van der Waals surface area contributed by atoms with Crippen LogP contribution >= 0.6 is 22.9 Å². The third-order valence-electron chi connectivity index (χ3n) is 6.22. The fourth-order valence-electron chi connectivity index (χ4n) is 4.45. The molecule has 0 amide bonds. The lowest BCUT2D eigenvalue weighted by Crippen LogP contribution is -2.32. The van der Waals surface area contributed by atoms with Gasteiger partial charge in [-0.2, -0.15) is 4.98 Å². The number of halogens is 1. The first-order valence-corrected chi connectivity index (χ1v) is 11.0. The van der Waals surface area contributed by atoms with Crippen LogP contribution in [-0.2, 0) is 20.5 Å². The smallest absolute Gasteiger partial charge is 0.222 e. The number of nitrogen functional groups attached to an aromatic ring is 1. The summed E-state index contributed by atoms with van der Waals surface area (Å²) in [4.78, 5) is 15.1. The molecule has 0 saturated carbocycles. The zero-order valence-corrected chi connectivity index (χ0v) is 18.3. The molecule has 2 N–H and O–H groups in total. The van der Waals surface area contributed by atoms with Crippen LogP contribution in [0.2, 0.25) is 5.02 Å². The number of fused-ring (bicyclic) bond motifs is 2. The van der Waals surface area contributed by atoms with E-state index in [9.17, 15) is 0 Å². The molecule has 0 radical (unpaired) electrons. The Morgan fingerprint density at radius 3 is 2.93 bits per heavy atom. The third kappa shape index (κ3) is 2.90. The van der Waals surface area contributed by atoms with E-state index in [4.69, 9.17) is 26.8 Å². The molecule has 0 aliphatic carbocycles. The Bertz CT molecular complexity index is 1090. The molecule has 1 spiro atoms. The topological polar surface area (TPSA) is 86.4 Å². The van der Waals surface area contributed by atoms with Gasteiger partial charge in [0.05, 0.1) is 12.8 Å². The lowest BCUT2D eigenvalue weighted by Gasteiger charge is -2.28. The number of rotatable bonds is 4. The van der Waals surface area contributed by atoms with Gasteiger partial charge in [-0.15, -0.1) is 11.3 Å². The SMILES string of the molecule is CO[C@@](C)(c1ccc2c(c1)N(c1nc(N)ncc1Cl)C[C@@]21CCOC1)c1nccs1. The van der Waals surface area contributed by atoms with E-state index in [1.807, 2.05) is 12.3 Å². The number of thiazole rings is 1. The van der Waals surface area contributed by atoms with Crippen LogP contribution in [0.3, 0.4) is 0 Å². The Morgan fingerprint density at radius 1 is 1.37 bits per heavy atom. The maximum atomic E-state index is 6.49. The maximum absolute atomic E-state index is 6.49. The van der Waals surface area contributed by atoms with Crippen LogP contribution in [0, 0.1) is 0 Å². The van der Waals surface area contributed by atoms with E-state index in [0.29, 0.717) is 17.4 Å². The van der Waals surface area contributed by atoms with Crippen molar-refractivity contribution >= 4 is 40.4 Å². The van der Waals surface area contributed by atoms with Gasteiger partial charge in [-0.25, -0.2) is 9.97 Å². The first-order valence-electron chi connectivity index (χ1n) is 9.70. The molecule has 2 aromatic heterocycles. The summed E-state index contributed by atoms with van der Waals surface area (Å²) >= 11 is 8.06. The van der Waals surface area contributed by atoms with Crippen molar-refractivity contribution in [1.29, 1.82) is 0 Å². The summed E-state index contributed by atoms with van der Waals surface area (Å²) < 4.78 is 11.8. The number of hydrogen-bond acceptors (Lipinski definition) is 8. The van der Waals surface area contributed by atoms with Gasteiger partial charge in [0.15, 0.2) is 5.82 Å². The lowest BCUT2D eigenvalue weighted by molar-refractivity contribution is 0.0389. The summed E-state index contributed by atoms with van der Waals surface area (Å²) in [5.41, 5.74) is 8.41. The van der Waals surface area contributed by atoms with Crippen LogP contribution < -0.4 is 10.6 Å². The van der Waals surface area contributed by atoms with E-state index < -0.39 is 5.60 Å². The van der Waals surface area contributed by atoms with Gasteiger partial charge in [-0.05, 0) is 30.5 Å². The second-order valence-corrected chi connectivity index (χ2v) is 9.18. The summed E-state index contributed by atoms with van der Waals surface area (Å²) in [6.07, 6.45) is 4.29. The van der Waals surface area contributed by atoms with Crippen LogP contribution in [0.25, 0.3) is 0 Å². The van der Waals surface area contributed by atoms with E-state index in [1.165, 1.54) is 5.56 Å². The second-order valence-electron chi connectivity index (χ2n) is 7.88. The van der Waals surface area contributed by atoms with Crippen molar-refractivity contribution in [3.8, 4) is 0 Å². The number of aromatic nitrogens is 3. The molecule has 2 atom stereocenters. The van der Waals surface area contributed by atoms with E-state index in [2.05, 4.69) is 38.1 Å². The van der Waals surface area contributed by atoms with Crippen molar-refractivity contribution in [2.45, 2.75) is 24.4 Å². The van der Waals surface area contributed by atoms with Crippen LogP contribution in [0.5, 0.6) is 0 Å². The van der Waals surface area contributed by atoms with Gasteiger partial charge in [0.2, 0.25) is 5.95 Å². The predicted octanol–water partition coefficient (Wildman–Crippen LogP) is 3.89. The van der Waals surface area contributed by atoms with Crippen molar-refractivity contribution in [2.75, 3.05) is 37.5 Å². The Hall–Kier alpha value is -2.26. The Balaban J connectivity index is 1.68. The van der Waals surface area contributed by atoms with Gasteiger partial charge < -0.3 is 20.1 Å². The molecule has 0 bridgehead atoms. The molecule has 1 fully saturated rings. The minimum Gasteiger partial charge on any atom is -0.380 e. The summed E-state index contributed by atoms with van der Waals surface area (Å²) in [6, 6.07) is 6.47. The Morgan fingerprint density at radius 2 is 2.23 bits per heavy atom. The monoisotopic (exact) mass is 443 g/mol. The van der Waals surface area contributed by atoms with Crippen LogP contribution in [0.15, 0.2) is 36.0 Å². The molecule has 1 saturated heterocycles. The number of methoxy groups -OCH3 is 1. The normalized spacial score (nSPS) is 22.4. The zero-order valence-electron chi connectivity index (χ0n) is 16.8. The molecule has 4 heterocycles. The zero-order chi connectivity index (χ0) is 20.9. The highest BCUT2D eigenvalue weighted by Gasteiger charge is 2.47. The van der Waals surface area contributed by atoms with Crippen LogP contribution in [0.4, 0.5) is 17.5 Å². The van der Waals surface area contributed by atoms with Gasteiger partial charge in [-0.3, -0.25) is 0 Å². The van der Waals surface area contributed by atoms with Gasteiger partial charge in [-0.1, -0.05) is 23.7 Å². The lowest BCUT2D eigenvalue weighted by atomic mass is 9.81. The number of benzene rings is 1. The molecule has 5 rings (SSSR count). The molecule has 0 unspecified atom stereocenters. The molecule has 9 heteroatoms. The fraction of sp³-hybridized carbons (Fsp3) is 0.381. The van der Waals surface area contributed by atoms with Crippen molar-refractivity contribution in [3.05, 3.63) is 57.1 Å². The van der Waals surface area contributed by atoms with Crippen LogP contribution in [-0.4, -0.2) is 41.8 Å². The van der Waals surface area contributed by atoms with E-state index in [-0.39, 0.29) is 11.4 Å². The van der Waals surface area contributed by atoms with Gasteiger partial charge in [0.1, 0.15) is 15.6 Å². The number of anilines is 3. The molecule has 1 aromatic carbocycles. The number of ether oxygens (including phenoxy) is 2. The predicted molar refractivity (Wildman–Crippen MR) is 118 cm³/mol. The van der Waals surface area contributed by atoms with Crippen molar-refractivity contribution in [1.82, 2.24) is 15.0 Å². The first kappa shape index (κ1) is 19.7. The number of nitrogens with two attached hydrogens (primary N) is 1. The highest BCUT2D eigenvalue weighted by atomic mass is 35.5. The summed E-state index contributed by atoms with van der Waals surface area (Å²) in [7, 11) is 1.71. The number of nitrogens with zero attached hydrogens (tertiary/aromatic N) is 4.